The minimum absolute atomic E-state index is 0.167. The lowest BCUT2D eigenvalue weighted by molar-refractivity contribution is 0.262. The molecule has 0 unspecified atom stereocenters. The highest BCUT2D eigenvalue weighted by Gasteiger charge is 2.23. The van der Waals surface area contributed by atoms with Crippen LogP contribution in [0.25, 0.3) is 11.0 Å². The van der Waals surface area contributed by atoms with Gasteiger partial charge in [-0.3, -0.25) is 0 Å². The van der Waals surface area contributed by atoms with Crippen molar-refractivity contribution in [2.24, 2.45) is 0 Å². The number of nitrogens with one attached hydrogen (secondary N) is 3. The van der Waals surface area contributed by atoms with Crippen LogP contribution in [0.2, 0.25) is 0 Å². The summed E-state index contributed by atoms with van der Waals surface area (Å²) in [5, 5.41) is 6.61. The number of hydrogen-bond donors (Lipinski definition) is 3. The summed E-state index contributed by atoms with van der Waals surface area (Å²) >= 11 is 0. The maximum atomic E-state index is 14.0. The predicted octanol–water partition coefficient (Wildman–Crippen LogP) is 5.22. The Balaban J connectivity index is 1.35. The highest BCUT2D eigenvalue weighted by Crippen LogP contribution is 2.35. The highest BCUT2D eigenvalue weighted by molar-refractivity contribution is 6.01. The van der Waals surface area contributed by atoms with Gasteiger partial charge in [-0.1, -0.05) is 12.1 Å². The van der Waals surface area contributed by atoms with Gasteiger partial charge in [0.2, 0.25) is 0 Å². The lowest BCUT2D eigenvalue weighted by Crippen LogP contribution is -2.21. The van der Waals surface area contributed by atoms with Crippen molar-refractivity contribution < 1.29 is 9.18 Å². The van der Waals surface area contributed by atoms with Crippen LogP contribution in [0.15, 0.2) is 60.9 Å². The Labute approximate surface area is 179 Å². The molecule has 0 aliphatic carbocycles. The zero-order chi connectivity index (χ0) is 21.4. The van der Waals surface area contributed by atoms with E-state index in [-0.39, 0.29) is 5.69 Å². The molecule has 2 amide bonds. The van der Waals surface area contributed by atoms with Crippen LogP contribution in [-0.4, -0.2) is 22.5 Å². The third kappa shape index (κ3) is 3.70. The second-order valence-corrected chi connectivity index (χ2v) is 7.75. The minimum atomic E-state index is -0.460. The molecule has 0 saturated carbocycles. The number of hydrogen-bond acceptors (Lipinski definition) is 3. The molecule has 0 atom stereocenters. The summed E-state index contributed by atoms with van der Waals surface area (Å²) in [6.07, 6.45) is 4.54. The topological polar surface area (TPSA) is 73.1 Å². The molecule has 156 valence electrons. The maximum Gasteiger partial charge on any atom is 0.323 e. The molecular formula is C24H22FN5O. The number of pyridine rings is 1. The predicted molar refractivity (Wildman–Crippen MR) is 121 cm³/mol. The first-order valence-corrected chi connectivity index (χ1v) is 10.2. The van der Waals surface area contributed by atoms with Crippen molar-refractivity contribution in [2.45, 2.75) is 19.9 Å². The van der Waals surface area contributed by atoms with Crippen LogP contribution < -0.4 is 15.5 Å². The van der Waals surface area contributed by atoms with Crippen molar-refractivity contribution in [3.05, 3.63) is 83.4 Å². The lowest BCUT2D eigenvalue weighted by Gasteiger charge is -2.20. The molecule has 0 radical (unpaired) electrons. The quantitative estimate of drug-likeness (QED) is 0.428. The summed E-state index contributed by atoms with van der Waals surface area (Å²) in [6, 6.07) is 14.1. The highest BCUT2D eigenvalue weighted by atomic mass is 19.1. The lowest BCUT2D eigenvalue weighted by atomic mass is 10.1. The first-order chi connectivity index (χ1) is 15.1. The van der Waals surface area contributed by atoms with E-state index >= 15 is 0 Å². The van der Waals surface area contributed by atoms with Crippen molar-refractivity contribution in [2.75, 3.05) is 22.1 Å². The van der Waals surface area contributed by atoms with Crippen LogP contribution in [0, 0.1) is 12.7 Å². The molecule has 0 saturated heterocycles. The summed E-state index contributed by atoms with van der Waals surface area (Å²) < 4.78 is 14.0. The summed E-state index contributed by atoms with van der Waals surface area (Å²) in [5.74, 6) is -0.460. The number of benzene rings is 2. The first-order valence-electron chi connectivity index (χ1n) is 10.2. The zero-order valence-corrected chi connectivity index (χ0v) is 17.1. The molecule has 2 aromatic carbocycles. The standard InChI is InChI=1S/C24H22FN5O/c1-15-5-6-19(25)21(13-15)29-24(31)28-20-3-2-4-22-18(20)9-12-30(22)14-16-7-10-26-23-17(16)8-11-27-23/h2-8,10-11,13H,9,12,14H2,1H3,(H,26,27)(H2,28,29,31). The third-order valence-corrected chi connectivity index (χ3v) is 5.65. The van der Waals surface area contributed by atoms with Crippen molar-refractivity contribution in [1.29, 1.82) is 0 Å². The van der Waals surface area contributed by atoms with E-state index in [0.29, 0.717) is 0 Å². The van der Waals surface area contributed by atoms with Gasteiger partial charge in [0, 0.05) is 47.8 Å². The van der Waals surface area contributed by atoms with E-state index in [1.807, 2.05) is 43.6 Å². The average molecular weight is 415 g/mol. The van der Waals surface area contributed by atoms with Gasteiger partial charge in [0.05, 0.1) is 5.69 Å². The van der Waals surface area contributed by atoms with Crippen LogP contribution in [0.4, 0.5) is 26.2 Å². The molecule has 0 spiro atoms. The second-order valence-electron chi connectivity index (χ2n) is 7.75. The molecule has 0 fully saturated rings. The molecule has 3 N–H and O–H groups in total. The number of nitrogens with zero attached hydrogens (tertiary/aromatic N) is 2. The van der Waals surface area contributed by atoms with Crippen molar-refractivity contribution in [3.63, 3.8) is 0 Å². The van der Waals surface area contributed by atoms with E-state index in [4.69, 9.17) is 0 Å². The second kappa shape index (κ2) is 7.75. The molecule has 31 heavy (non-hydrogen) atoms. The fourth-order valence-corrected chi connectivity index (χ4v) is 4.15. The van der Waals surface area contributed by atoms with E-state index in [1.165, 1.54) is 11.6 Å². The van der Waals surface area contributed by atoms with Crippen molar-refractivity contribution >= 4 is 34.1 Å². The number of aromatic amines is 1. The number of anilines is 3. The number of carbonyl (C=O) groups is 1. The van der Waals surface area contributed by atoms with Crippen LogP contribution in [0.5, 0.6) is 0 Å². The number of H-pyrrole nitrogens is 1. The molecule has 1 aliphatic heterocycles. The summed E-state index contributed by atoms with van der Waals surface area (Å²) in [6.45, 7) is 3.47. The monoisotopic (exact) mass is 415 g/mol. The number of halogens is 1. The third-order valence-electron chi connectivity index (χ3n) is 5.65. The van der Waals surface area contributed by atoms with Gasteiger partial charge in [-0.25, -0.2) is 14.2 Å². The largest absolute Gasteiger partial charge is 0.367 e. The fourth-order valence-electron chi connectivity index (χ4n) is 4.15. The Morgan fingerprint density at radius 2 is 2.03 bits per heavy atom. The van der Waals surface area contributed by atoms with Crippen LogP contribution in [0.3, 0.4) is 0 Å². The number of rotatable bonds is 4. The summed E-state index contributed by atoms with van der Waals surface area (Å²) in [7, 11) is 0. The number of aromatic nitrogens is 2. The van der Waals surface area contributed by atoms with E-state index in [1.54, 1.807) is 12.1 Å². The van der Waals surface area contributed by atoms with Gasteiger partial charge in [0.1, 0.15) is 11.5 Å². The Morgan fingerprint density at radius 3 is 2.94 bits per heavy atom. The van der Waals surface area contributed by atoms with Gasteiger partial charge in [0.25, 0.3) is 0 Å². The molecule has 1 aliphatic rings. The normalized spacial score (nSPS) is 12.8. The SMILES string of the molecule is Cc1ccc(F)c(NC(=O)Nc2cccc3c2CCN3Cc2ccnc3[nH]ccc23)c1. The van der Waals surface area contributed by atoms with Crippen molar-refractivity contribution in [3.8, 4) is 0 Å². The number of fused-ring (bicyclic) bond motifs is 2. The Morgan fingerprint density at radius 1 is 1.16 bits per heavy atom. The smallest absolute Gasteiger partial charge is 0.323 e. The van der Waals surface area contributed by atoms with E-state index in [2.05, 4.69) is 31.6 Å². The Kier molecular flexibility index (Phi) is 4.78. The molecule has 0 bridgehead atoms. The summed E-state index contributed by atoms with van der Waals surface area (Å²) in [4.78, 5) is 22.3. The Hall–Kier alpha value is -3.87. The zero-order valence-electron chi connectivity index (χ0n) is 17.1. The molecule has 4 aromatic rings. The van der Waals surface area contributed by atoms with Gasteiger partial charge < -0.3 is 20.5 Å². The number of carbonyl (C=O) groups excluding carboxylic acids is 1. The average Bonchev–Trinajstić information content (AvgIpc) is 3.39. The molecule has 7 heteroatoms. The molecular weight excluding hydrogens is 393 g/mol. The number of amides is 2. The molecule has 3 heterocycles. The van der Waals surface area contributed by atoms with Gasteiger partial charge in [-0.05, 0) is 60.9 Å². The molecule has 6 nitrogen and oxygen atoms in total. The van der Waals surface area contributed by atoms with Gasteiger partial charge in [-0.15, -0.1) is 0 Å². The van der Waals surface area contributed by atoms with Gasteiger partial charge in [-0.2, -0.15) is 0 Å². The van der Waals surface area contributed by atoms with Gasteiger partial charge >= 0.3 is 6.03 Å². The molecule has 2 aromatic heterocycles. The van der Waals surface area contributed by atoms with Crippen LogP contribution in [0.1, 0.15) is 16.7 Å². The number of aryl methyl sites for hydroxylation is 1. The van der Waals surface area contributed by atoms with E-state index in [9.17, 15) is 9.18 Å². The first kappa shape index (κ1) is 19.1. The minimum Gasteiger partial charge on any atom is -0.367 e. The number of urea groups is 1. The van der Waals surface area contributed by atoms with Crippen molar-refractivity contribution in [1.82, 2.24) is 9.97 Å². The van der Waals surface area contributed by atoms with E-state index in [0.717, 1.165) is 53.0 Å². The van der Waals surface area contributed by atoms with Gasteiger partial charge in [0.15, 0.2) is 0 Å². The fraction of sp³-hybridized carbons (Fsp3) is 0.167. The van der Waals surface area contributed by atoms with Crippen LogP contribution in [-0.2, 0) is 13.0 Å². The molecule has 5 rings (SSSR count). The Bertz CT molecular complexity index is 1280. The maximum absolute atomic E-state index is 14.0. The van der Waals surface area contributed by atoms with Crippen LogP contribution >= 0.6 is 0 Å². The van der Waals surface area contributed by atoms with E-state index < -0.39 is 11.8 Å². The summed E-state index contributed by atoms with van der Waals surface area (Å²) in [5.41, 5.74) is 6.05.